The van der Waals surface area contributed by atoms with Crippen LogP contribution in [0.15, 0.2) is 42.5 Å². The minimum Gasteiger partial charge on any atom is -0.393 e. The molecule has 25 heavy (non-hydrogen) atoms. The van der Waals surface area contributed by atoms with Gasteiger partial charge in [-0.1, -0.05) is 48.0 Å². The van der Waals surface area contributed by atoms with Gasteiger partial charge in [0.25, 0.3) is 0 Å². The van der Waals surface area contributed by atoms with E-state index in [1.54, 1.807) is 0 Å². The van der Waals surface area contributed by atoms with Crippen LogP contribution >= 0.6 is 0 Å². The summed E-state index contributed by atoms with van der Waals surface area (Å²) in [5.41, 5.74) is 5.78. The number of hydrogen-bond acceptors (Lipinski definition) is 4. The largest absolute Gasteiger partial charge is 0.393 e. The van der Waals surface area contributed by atoms with Gasteiger partial charge >= 0.3 is 0 Å². The average molecular weight is 340 g/mol. The van der Waals surface area contributed by atoms with Gasteiger partial charge in [0.15, 0.2) is 5.78 Å². The van der Waals surface area contributed by atoms with Gasteiger partial charge in [-0.15, -0.1) is 0 Å². The molecule has 4 heteroatoms. The van der Waals surface area contributed by atoms with E-state index in [0.29, 0.717) is 0 Å². The van der Waals surface area contributed by atoms with Gasteiger partial charge in [-0.25, -0.2) is 0 Å². The van der Waals surface area contributed by atoms with Gasteiger partial charge in [0, 0.05) is 6.42 Å². The van der Waals surface area contributed by atoms with Gasteiger partial charge in [0.05, 0.1) is 12.7 Å². The Labute approximate surface area is 148 Å². The number of carbonyl (C=O) groups is 1. The lowest BCUT2D eigenvalue weighted by atomic mass is 9.91. The van der Waals surface area contributed by atoms with Crippen molar-refractivity contribution in [2.24, 2.45) is 0 Å². The predicted octanol–water partition coefficient (Wildman–Crippen LogP) is 2.65. The molecule has 0 amide bonds. The first-order valence-corrected chi connectivity index (χ1v) is 8.61. The lowest BCUT2D eigenvalue weighted by molar-refractivity contribution is -0.161. The van der Waals surface area contributed by atoms with E-state index in [-0.39, 0.29) is 12.5 Å². The Bertz CT molecular complexity index is 751. The van der Waals surface area contributed by atoms with Gasteiger partial charge < -0.3 is 14.9 Å². The van der Waals surface area contributed by atoms with Crippen molar-refractivity contribution in [2.45, 2.75) is 45.0 Å². The van der Waals surface area contributed by atoms with Crippen LogP contribution in [-0.4, -0.2) is 34.8 Å². The lowest BCUT2D eigenvalue weighted by Gasteiger charge is -2.31. The van der Waals surface area contributed by atoms with Crippen LogP contribution in [0.25, 0.3) is 0 Å². The second-order valence-electron chi connectivity index (χ2n) is 6.80. The number of benzene rings is 2. The maximum Gasteiger partial charge on any atom is 0.192 e. The number of rotatable bonds is 4. The van der Waals surface area contributed by atoms with Crippen LogP contribution in [0, 0.1) is 13.8 Å². The summed E-state index contributed by atoms with van der Waals surface area (Å²) in [5.74, 6) is -0.439. The van der Waals surface area contributed by atoms with E-state index in [9.17, 15) is 15.0 Å². The number of ether oxygens (including phenoxy) is 1. The second kappa shape index (κ2) is 7.48. The van der Waals surface area contributed by atoms with Gasteiger partial charge in [0.2, 0.25) is 0 Å². The molecule has 1 fully saturated rings. The molecule has 0 bridgehead atoms. The van der Waals surface area contributed by atoms with E-state index < -0.39 is 24.6 Å². The zero-order chi connectivity index (χ0) is 18.0. The second-order valence-corrected chi connectivity index (χ2v) is 6.80. The van der Waals surface area contributed by atoms with Crippen molar-refractivity contribution in [1.29, 1.82) is 0 Å². The summed E-state index contributed by atoms with van der Waals surface area (Å²) >= 11 is 0. The zero-order valence-electron chi connectivity index (χ0n) is 14.6. The highest BCUT2D eigenvalue weighted by Gasteiger charge is 2.36. The summed E-state index contributed by atoms with van der Waals surface area (Å²) in [7, 11) is 0. The topological polar surface area (TPSA) is 66.8 Å². The SMILES string of the molecule is Cc1ccc(Cc2cc([C@H]3C[C@@H](O)C(=O)[C@@H](CO)O3)ccc2C)cc1. The number of aliphatic hydroxyl groups excluding tert-OH is 2. The monoisotopic (exact) mass is 340 g/mol. The summed E-state index contributed by atoms with van der Waals surface area (Å²) in [6, 6.07) is 14.6. The lowest BCUT2D eigenvalue weighted by Crippen LogP contribution is -2.43. The Balaban J connectivity index is 1.83. The minimum atomic E-state index is -1.09. The maximum absolute atomic E-state index is 11.8. The molecule has 0 radical (unpaired) electrons. The highest BCUT2D eigenvalue weighted by atomic mass is 16.5. The Morgan fingerprint density at radius 1 is 1.12 bits per heavy atom. The number of ketones is 1. The first-order chi connectivity index (χ1) is 12.0. The smallest absolute Gasteiger partial charge is 0.192 e. The van der Waals surface area contributed by atoms with Crippen LogP contribution in [0.1, 0.15) is 40.3 Å². The average Bonchev–Trinajstić information content (AvgIpc) is 2.61. The van der Waals surface area contributed by atoms with Crippen molar-refractivity contribution in [3.63, 3.8) is 0 Å². The molecule has 4 nitrogen and oxygen atoms in total. The van der Waals surface area contributed by atoms with Crippen LogP contribution in [0.2, 0.25) is 0 Å². The third-order valence-electron chi connectivity index (χ3n) is 4.84. The molecule has 132 valence electrons. The quantitative estimate of drug-likeness (QED) is 0.898. The molecule has 1 aliphatic heterocycles. The molecule has 3 rings (SSSR count). The van der Waals surface area contributed by atoms with E-state index in [2.05, 4.69) is 44.2 Å². The van der Waals surface area contributed by atoms with Gasteiger partial charge in [-0.05, 0) is 42.5 Å². The van der Waals surface area contributed by atoms with Crippen LogP contribution in [0.3, 0.4) is 0 Å². The minimum absolute atomic E-state index is 0.225. The fourth-order valence-corrected chi connectivity index (χ4v) is 3.21. The Hall–Kier alpha value is -2.01. The standard InChI is InChI=1S/C21H24O4/c1-13-3-6-15(7-4-13)9-17-10-16(8-5-14(17)2)19-11-18(23)21(24)20(12-22)25-19/h3-8,10,18-20,22-23H,9,11-12H2,1-2H3/t18-,19-,20-/m1/s1. The van der Waals surface area contributed by atoms with E-state index >= 15 is 0 Å². The molecule has 1 saturated heterocycles. The summed E-state index contributed by atoms with van der Waals surface area (Å²) in [6.45, 7) is 3.73. The molecule has 0 spiro atoms. The number of hydrogen-bond donors (Lipinski definition) is 2. The highest BCUT2D eigenvalue weighted by Crippen LogP contribution is 2.31. The van der Waals surface area contributed by atoms with Crippen LogP contribution in [-0.2, 0) is 16.0 Å². The van der Waals surface area contributed by atoms with Gasteiger partial charge in [0.1, 0.15) is 12.2 Å². The summed E-state index contributed by atoms with van der Waals surface area (Å²) < 4.78 is 5.71. The normalized spacial score (nSPS) is 23.7. The Kier molecular flexibility index (Phi) is 5.33. The molecule has 0 saturated carbocycles. The Morgan fingerprint density at radius 3 is 2.52 bits per heavy atom. The summed E-state index contributed by atoms with van der Waals surface area (Å²) in [4.78, 5) is 11.8. The first-order valence-electron chi connectivity index (χ1n) is 8.61. The van der Waals surface area contributed by atoms with Crippen molar-refractivity contribution in [3.05, 3.63) is 70.3 Å². The predicted molar refractivity (Wildman–Crippen MR) is 95.5 cm³/mol. The van der Waals surface area contributed by atoms with Crippen LogP contribution < -0.4 is 0 Å². The highest BCUT2D eigenvalue weighted by molar-refractivity contribution is 5.88. The summed E-state index contributed by atoms with van der Waals surface area (Å²) in [6.07, 6.45) is -1.38. The number of aryl methyl sites for hydroxylation is 2. The van der Waals surface area contributed by atoms with Crippen LogP contribution in [0.4, 0.5) is 0 Å². The zero-order valence-corrected chi connectivity index (χ0v) is 14.6. The number of aliphatic hydroxyl groups is 2. The molecule has 1 aliphatic rings. The Morgan fingerprint density at radius 2 is 1.84 bits per heavy atom. The van der Waals surface area contributed by atoms with Crippen molar-refractivity contribution in [2.75, 3.05) is 6.61 Å². The van der Waals surface area contributed by atoms with Crippen molar-refractivity contribution in [3.8, 4) is 0 Å². The maximum atomic E-state index is 11.8. The van der Waals surface area contributed by atoms with Crippen molar-refractivity contribution >= 4 is 5.78 Å². The molecule has 3 atom stereocenters. The molecule has 1 heterocycles. The van der Waals surface area contributed by atoms with E-state index in [4.69, 9.17) is 4.74 Å². The van der Waals surface area contributed by atoms with E-state index in [0.717, 1.165) is 12.0 Å². The molecule has 0 aliphatic carbocycles. The fourth-order valence-electron chi connectivity index (χ4n) is 3.21. The summed E-state index contributed by atoms with van der Waals surface area (Å²) in [5, 5.41) is 19.3. The molecule has 0 unspecified atom stereocenters. The molecule has 0 aromatic heterocycles. The molecule has 2 aromatic rings. The van der Waals surface area contributed by atoms with Crippen molar-refractivity contribution in [1.82, 2.24) is 0 Å². The van der Waals surface area contributed by atoms with E-state index in [1.807, 2.05) is 12.1 Å². The van der Waals surface area contributed by atoms with E-state index in [1.165, 1.54) is 22.3 Å². The third kappa shape index (κ3) is 3.98. The first kappa shape index (κ1) is 17.8. The molecule has 2 N–H and O–H groups in total. The number of Topliss-reactive ketones (excluding diaryl/α,β-unsaturated/α-hetero) is 1. The van der Waals surface area contributed by atoms with Gasteiger partial charge in [-0.2, -0.15) is 0 Å². The molecular formula is C21H24O4. The third-order valence-corrected chi connectivity index (χ3v) is 4.84. The molecular weight excluding hydrogens is 316 g/mol. The molecule has 2 aromatic carbocycles. The van der Waals surface area contributed by atoms with Crippen LogP contribution in [0.5, 0.6) is 0 Å². The van der Waals surface area contributed by atoms with Gasteiger partial charge in [-0.3, -0.25) is 4.79 Å². The fraction of sp³-hybridized carbons (Fsp3) is 0.381. The number of carbonyl (C=O) groups excluding carboxylic acids is 1. The van der Waals surface area contributed by atoms with Crippen molar-refractivity contribution < 1.29 is 19.7 Å².